The summed E-state index contributed by atoms with van der Waals surface area (Å²) < 4.78 is 0. The molecule has 0 fully saturated rings. The lowest BCUT2D eigenvalue weighted by Crippen LogP contribution is -2.13. The first-order chi connectivity index (χ1) is 9.79. The molecule has 1 N–H and O–H groups in total. The third kappa shape index (κ3) is 4.05. The molecule has 0 aromatic heterocycles. The van der Waals surface area contributed by atoms with Crippen LogP contribution in [-0.2, 0) is 9.59 Å². The summed E-state index contributed by atoms with van der Waals surface area (Å²) in [6.45, 7) is 0.788. The van der Waals surface area contributed by atoms with Gasteiger partial charge in [0.1, 0.15) is 0 Å². The Labute approximate surface area is 120 Å². The van der Waals surface area contributed by atoms with Crippen molar-refractivity contribution < 1.29 is 9.59 Å². The molecule has 0 radical (unpaired) electrons. The Bertz CT molecular complexity index is 449. The second-order valence-electron chi connectivity index (χ2n) is 5.10. The van der Waals surface area contributed by atoms with E-state index in [9.17, 15) is 9.59 Å². The van der Waals surface area contributed by atoms with E-state index in [1.807, 2.05) is 18.4 Å². The van der Waals surface area contributed by atoms with Gasteiger partial charge in [-0.15, -0.1) is 0 Å². The maximum Gasteiger partial charge on any atom is 0.163 e. The number of nitrogens with one attached hydrogen (secondary N) is 1. The van der Waals surface area contributed by atoms with Gasteiger partial charge in [0.25, 0.3) is 0 Å². The minimum absolute atomic E-state index is 0.0607. The van der Waals surface area contributed by atoms with Crippen LogP contribution < -0.4 is 5.32 Å². The van der Waals surface area contributed by atoms with Crippen LogP contribution in [-0.4, -0.2) is 18.1 Å². The molecule has 1 heterocycles. The molecule has 0 aromatic rings. The van der Waals surface area contributed by atoms with Crippen LogP contribution in [0.3, 0.4) is 0 Å². The van der Waals surface area contributed by atoms with Crippen molar-refractivity contribution in [2.24, 2.45) is 0 Å². The van der Waals surface area contributed by atoms with Crippen molar-refractivity contribution in [3.8, 4) is 0 Å². The number of Topliss-reactive ketones (excluding diaryl/α,β-unsaturated/α-hetero) is 2. The molecule has 0 amide bonds. The Morgan fingerprint density at radius 3 is 2.35 bits per heavy atom. The molecule has 0 unspecified atom stereocenters. The van der Waals surface area contributed by atoms with Gasteiger partial charge in [0.2, 0.25) is 0 Å². The highest BCUT2D eigenvalue weighted by molar-refractivity contribution is 6.12. The van der Waals surface area contributed by atoms with E-state index in [-0.39, 0.29) is 11.6 Å². The summed E-state index contributed by atoms with van der Waals surface area (Å²) in [5.74, 6) is 0.141. The Balaban J connectivity index is 2.31. The fourth-order valence-corrected chi connectivity index (χ4v) is 2.39. The van der Waals surface area contributed by atoms with Gasteiger partial charge in [0.05, 0.1) is 0 Å². The van der Waals surface area contributed by atoms with Gasteiger partial charge in [-0.25, -0.2) is 0 Å². The van der Waals surface area contributed by atoms with E-state index >= 15 is 0 Å². The van der Waals surface area contributed by atoms with Crippen LogP contribution in [0, 0.1) is 0 Å². The van der Waals surface area contributed by atoms with Crippen LogP contribution in [0.2, 0.25) is 0 Å². The first kappa shape index (κ1) is 14.5. The van der Waals surface area contributed by atoms with Gasteiger partial charge < -0.3 is 5.32 Å². The zero-order valence-electron chi connectivity index (χ0n) is 11.7. The number of allylic oxidation sites excluding steroid dienone is 7. The fourth-order valence-electron chi connectivity index (χ4n) is 2.39. The molecule has 0 saturated heterocycles. The van der Waals surface area contributed by atoms with Crippen molar-refractivity contribution in [1.29, 1.82) is 0 Å². The highest BCUT2D eigenvalue weighted by Gasteiger charge is 2.19. The first-order valence-corrected chi connectivity index (χ1v) is 7.33. The van der Waals surface area contributed by atoms with Crippen molar-refractivity contribution >= 4 is 11.6 Å². The third-order valence-corrected chi connectivity index (χ3v) is 3.52. The molecule has 0 atom stereocenters. The van der Waals surface area contributed by atoms with Crippen LogP contribution in [0.15, 0.2) is 47.7 Å². The highest BCUT2D eigenvalue weighted by Crippen LogP contribution is 2.20. The van der Waals surface area contributed by atoms with Gasteiger partial charge in [0.15, 0.2) is 11.6 Å². The predicted molar refractivity (Wildman–Crippen MR) is 80.2 cm³/mol. The average Bonchev–Trinajstić information content (AvgIpc) is 2.60. The smallest absolute Gasteiger partial charge is 0.163 e. The number of carbonyl (C=O) groups excluding carboxylic acids is 2. The van der Waals surface area contributed by atoms with E-state index in [0.29, 0.717) is 24.0 Å². The Kier molecular flexibility index (Phi) is 5.54. The SMILES string of the molecule is O=C1CCCC\C=C/C=C1\C1=C/C=C\NCCCC1=O. The lowest BCUT2D eigenvalue weighted by Gasteiger charge is -2.09. The van der Waals surface area contributed by atoms with E-state index in [1.54, 1.807) is 12.2 Å². The predicted octanol–water partition coefficient (Wildman–Crippen LogP) is 3.00. The number of rotatable bonds is 1. The molecule has 2 aliphatic rings. The molecule has 0 bridgehead atoms. The summed E-state index contributed by atoms with van der Waals surface area (Å²) in [5, 5.41) is 3.12. The fraction of sp³-hybridized carbons (Fsp3) is 0.412. The van der Waals surface area contributed by atoms with Crippen LogP contribution in [0.1, 0.15) is 38.5 Å². The van der Waals surface area contributed by atoms with Gasteiger partial charge >= 0.3 is 0 Å². The number of carbonyl (C=O) groups is 2. The summed E-state index contributed by atoms with van der Waals surface area (Å²) in [5.41, 5.74) is 1.13. The average molecular weight is 271 g/mol. The number of hydrogen-bond acceptors (Lipinski definition) is 3. The van der Waals surface area contributed by atoms with Crippen LogP contribution in [0.5, 0.6) is 0 Å². The quantitative estimate of drug-likeness (QED) is 0.797. The third-order valence-electron chi connectivity index (χ3n) is 3.52. The lowest BCUT2D eigenvalue weighted by molar-refractivity contribution is -0.118. The van der Waals surface area contributed by atoms with Gasteiger partial charge in [-0.3, -0.25) is 9.59 Å². The summed E-state index contributed by atoms with van der Waals surface area (Å²) in [6.07, 6.45) is 15.9. The molecule has 20 heavy (non-hydrogen) atoms. The summed E-state index contributed by atoms with van der Waals surface area (Å²) >= 11 is 0. The number of hydrogen-bond donors (Lipinski definition) is 1. The van der Waals surface area contributed by atoms with Crippen molar-refractivity contribution in [2.45, 2.75) is 38.5 Å². The van der Waals surface area contributed by atoms with E-state index in [2.05, 4.69) is 11.4 Å². The molecule has 1 aliphatic heterocycles. The molecule has 1 aliphatic carbocycles. The van der Waals surface area contributed by atoms with E-state index < -0.39 is 0 Å². The molecule has 2 rings (SSSR count). The standard InChI is InChI=1S/C17H21NO2/c19-16-10-5-3-1-2-4-8-14(16)15-9-6-12-18-13-7-11-17(15)20/h2,4,6,8-9,12,18H,1,3,5,7,10-11,13H2/b4-2-,12-6-,14-8+,15-9+. The van der Waals surface area contributed by atoms with E-state index in [0.717, 1.165) is 32.2 Å². The zero-order chi connectivity index (χ0) is 14.2. The normalized spacial score (nSPS) is 29.8. The van der Waals surface area contributed by atoms with Gasteiger partial charge in [-0.2, -0.15) is 0 Å². The number of ketones is 2. The Morgan fingerprint density at radius 1 is 0.850 bits per heavy atom. The summed E-state index contributed by atoms with van der Waals surface area (Å²) in [4.78, 5) is 24.6. The van der Waals surface area contributed by atoms with Gasteiger partial charge in [-0.05, 0) is 44.0 Å². The maximum absolute atomic E-state index is 12.3. The molecular formula is C17H21NO2. The largest absolute Gasteiger partial charge is 0.391 e. The first-order valence-electron chi connectivity index (χ1n) is 7.33. The monoisotopic (exact) mass is 271 g/mol. The van der Waals surface area contributed by atoms with Crippen molar-refractivity contribution in [3.05, 3.63) is 47.7 Å². The van der Waals surface area contributed by atoms with Crippen LogP contribution in [0.25, 0.3) is 0 Å². The van der Waals surface area contributed by atoms with Crippen molar-refractivity contribution in [3.63, 3.8) is 0 Å². The van der Waals surface area contributed by atoms with Crippen molar-refractivity contribution in [1.82, 2.24) is 5.32 Å². The van der Waals surface area contributed by atoms with Gasteiger partial charge in [-0.1, -0.05) is 18.2 Å². The van der Waals surface area contributed by atoms with Crippen molar-refractivity contribution in [2.75, 3.05) is 6.54 Å². The molecular weight excluding hydrogens is 250 g/mol. The molecule has 0 spiro atoms. The Morgan fingerprint density at radius 2 is 1.55 bits per heavy atom. The molecule has 3 nitrogen and oxygen atoms in total. The molecule has 0 aromatic carbocycles. The van der Waals surface area contributed by atoms with E-state index in [1.165, 1.54) is 0 Å². The Hall–Kier alpha value is -1.90. The highest BCUT2D eigenvalue weighted by atomic mass is 16.1. The molecule has 0 saturated carbocycles. The summed E-state index contributed by atoms with van der Waals surface area (Å²) in [7, 11) is 0. The van der Waals surface area contributed by atoms with Crippen LogP contribution >= 0.6 is 0 Å². The minimum Gasteiger partial charge on any atom is -0.391 e. The van der Waals surface area contributed by atoms with Gasteiger partial charge in [0, 0.05) is 30.5 Å². The lowest BCUT2D eigenvalue weighted by atomic mass is 9.93. The minimum atomic E-state index is 0.0607. The second kappa shape index (κ2) is 7.63. The molecule has 106 valence electrons. The maximum atomic E-state index is 12.3. The topological polar surface area (TPSA) is 46.2 Å². The van der Waals surface area contributed by atoms with E-state index in [4.69, 9.17) is 0 Å². The van der Waals surface area contributed by atoms with Crippen LogP contribution in [0.4, 0.5) is 0 Å². The molecule has 3 heteroatoms. The zero-order valence-corrected chi connectivity index (χ0v) is 11.7. The summed E-state index contributed by atoms with van der Waals surface area (Å²) in [6, 6.07) is 0. The second-order valence-corrected chi connectivity index (χ2v) is 5.10.